The van der Waals surface area contributed by atoms with Gasteiger partial charge in [-0.2, -0.15) is 0 Å². The number of ether oxygens (including phenoxy) is 2. The van der Waals surface area contributed by atoms with Crippen LogP contribution in [0.1, 0.15) is 52.9 Å². The first-order valence-corrected chi connectivity index (χ1v) is 12.8. The summed E-state index contributed by atoms with van der Waals surface area (Å²) in [6.45, 7) is 5.90. The zero-order valence-corrected chi connectivity index (χ0v) is 20.3. The average molecular weight is 481 g/mol. The maximum atomic E-state index is 13.0. The molecule has 4 N–H and O–H groups in total. The number of amides is 1. The SMILES string of the molecule is CCCC1CCN[C@H](C(=O)N[C@@H]([C@H]2O[C@H](SC)[C@H](OC(C)=O)[C@@H](O)[C@H]2O)[C@H](C)Cl)CC1. The molecule has 10 heteroatoms. The van der Waals surface area contributed by atoms with Crippen molar-refractivity contribution in [3.8, 4) is 0 Å². The van der Waals surface area contributed by atoms with Crippen LogP contribution in [0.25, 0.3) is 0 Å². The number of rotatable bonds is 8. The van der Waals surface area contributed by atoms with Gasteiger partial charge in [0.1, 0.15) is 23.7 Å². The number of hydrogen-bond acceptors (Lipinski definition) is 8. The second kappa shape index (κ2) is 12.6. The van der Waals surface area contributed by atoms with Crippen LogP contribution in [0.4, 0.5) is 0 Å². The summed E-state index contributed by atoms with van der Waals surface area (Å²) < 4.78 is 11.1. The van der Waals surface area contributed by atoms with Gasteiger partial charge in [0.15, 0.2) is 6.10 Å². The molecular weight excluding hydrogens is 444 g/mol. The molecule has 0 radical (unpaired) electrons. The fourth-order valence-electron chi connectivity index (χ4n) is 4.42. The van der Waals surface area contributed by atoms with Crippen molar-refractivity contribution in [3.63, 3.8) is 0 Å². The molecule has 1 amide bonds. The molecule has 0 aromatic heterocycles. The topological polar surface area (TPSA) is 117 Å². The highest BCUT2D eigenvalue weighted by Gasteiger charge is 2.50. The first-order chi connectivity index (χ1) is 14.7. The summed E-state index contributed by atoms with van der Waals surface area (Å²) >= 11 is 7.63. The molecule has 0 spiro atoms. The first kappa shape index (κ1) is 26.7. The van der Waals surface area contributed by atoms with E-state index >= 15 is 0 Å². The van der Waals surface area contributed by atoms with Gasteiger partial charge in [0.25, 0.3) is 0 Å². The van der Waals surface area contributed by atoms with E-state index in [4.69, 9.17) is 21.1 Å². The van der Waals surface area contributed by atoms with Crippen LogP contribution in [0.2, 0.25) is 0 Å². The van der Waals surface area contributed by atoms with Crippen LogP contribution in [-0.2, 0) is 19.1 Å². The van der Waals surface area contributed by atoms with E-state index in [9.17, 15) is 19.8 Å². The lowest BCUT2D eigenvalue weighted by Crippen LogP contribution is -2.65. The Kier molecular flexibility index (Phi) is 10.8. The van der Waals surface area contributed by atoms with Gasteiger partial charge in [0.2, 0.25) is 5.91 Å². The van der Waals surface area contributed by atoms with Gasteiger partial charge in [-0.05, 0) is 44.9 Å². The summed E-state index contributed by atoms with van der Waals surface area (Å²) in [6, 6.07) is -1.07. The van der Waals surface area contributed by atoms with Crippen molar-refractivity contribution in [1.29, 1.82) is 0 Å². The largest absolute Gasteiger partial charge is 0.456 e. The smallest absolute Gasteiger partial charge is 0.303 e. The van der Waals surface area contributed by atoms with E-state index in [0.717, 1.165) is 38.6 Å². The van der Waals surface area contributed by atoms with Crippen molar-refractivity contribution in [1.82, 2.24) is 10.6 Å². The Bertz CT molecular complexity index is 596. The molecule has 2 rings (SSSR count). The van der Waals surface area contributed by atoms with E-state index in [0.29, 0.717) is 5.92 Å². The molecular formula is C21H37ClN2O6S. The maximum Gasteiger partial charge on any atom is 0.303 e. The van der Waals surface area contributed by atoms with E-state index in [1.54, 1.807) is 13.2 Å². The highest BCUT2D eigenvalue weighted by atomic mass is 35.5. The number of esters is 1. The normalized spacial score (nSPS) is 36.2. The number of thioether (sulfide) groups is 1. The Balaban J connectivity index is 2.09. The molecule has 2 aliphatic rings. The third kappa shape index (κ3) is 7.20. The van der Waals surface area contributed by atoms with Gasteiger partial charge in [0.05, 0.1) is 17.5 Å². The van der Waals surface area contributed by atoms with Gasteiger partial charge in [-0.25, -0.2) is 0 Å². The predicted octanol–water partition coefficient (Wildman–Crippen LogP) is 1.40. The van der Waals surface area contributed by atoms with Gasteiger partial charge in [0, 0.05) is 6.92 Å². The van der Waals surface area contributed by atoms with Crippen molar-refractivity contribution < 1.29 is 29.3 Å². The summed E-state index contributed by atoms with van der Waals surface area (Å²) in [6.07, 6.45) is 2.12. The second-order valence-electron chi connectivity index (χ2n) is 8.50. The van der Waals surface area contributed by atoms with Gasteiger partial charge >= 0.3 is 5.97 Å². The molecule has 1 unspecified atom stereocenters. The van der Waals surface area contributed by atoms with Gasteiger partial charge < -0.3 is 30.3 Å². The lowest BCUT2D eigenvalue weighted by molar-refractivity contribution is -0.217. The second-order valence-corrected chi connectivity index (χ2v) is 10.1. The molecule has 2 fully saturated rings. The summed E-state index contributed by atoms with van der Waals surface area (Å²) in [5.41, 5.74) is -0.701. The van der Waals surface area contributed by atoms with Gasteiger partial charge in [-0.1, -0.05) is 19.8 Å². The van der Waals surface area contributed by atoms with Crippen molar-refractivity contribution in [2.24, 2.45) is 5.92 Å². The monoisotopic (exact) mass is 480 g/mol. The minimum absolute atomic E-state index is 0.192. The molecule has 8 nitrogen and oxygen atoms in total. The maximum absolute atomic E-state index is 13.0. The van der Waals surface area contributed by atoms with Gasteiger partial charge in [-0.15, -0.1) is 23.4 Å². The minimum atomic E-state index is -1.38. The Morgan fingerprint density at radius 1 is 1.29 bits per heavy atom. The quantitative estimate of drug-likeness (QED) is 0.304. The van der Waals surface area contributed by atoms with Crippen molar-refractivity contribution in [2.45, 2.75) is 100 Å². The molecule has 0 bridgehead atoms. The standard InChI is InChI=1S/C21H37ClN2O6S/c1-5-6-13-7-8-14(23-10-9-13)20(28)24-15(11(2)22)18-16(26)17(27)19(29-12(3)25)21(30-18)31-4/h11,13-19,21,23,26-27H,5-10H2,1-4H3,(H,24,28)/t11-,13?,14-,15+,16+,17-,18+,19+,21+/m0/s1. The number of alkyl halides is 1. The molecule has 0 aromatic rings. The van der Waals surface area contributed by atoms with Crippen LogP contribution in [0.5, 0.6) is 0 Å². The average Bonchev–Trinajstić information content (AvgIpc) is 2.96. The molecule has 0 aliphatic carbocycles. The van der Waals surface area contributed by atoms with Crippen LogP contribution >= 0.6 is 23.4 Å². The number of halogens is 1. The molecule has 180 valence electrons. The molecule has 31 heavy (non-hydrogen) atoms. The Morgan fingerprint density at radius 2 is 2.00 bits per heavy atom. The zero-order valence-electron chi connectivity index (χ0n) is 18.8. The minimum Gasteiger partial charge on any atom is -0.456 e. The van der Waals surface area contributed by atoms with Crippen LogP contribution in [0, 0.1) is 5.92 Å². The predicted molar refractivity (Wildman–Crippen MR) is 121 cm³/mol. The summed E-state index contributed by atoms with van der Waals surface area (Å²) in [5.74, 6) is -0.145. The Morgan fingerprint density at radius 3 is 2.58 bits per heavy atom. The summed E-state index contributed by atoms with van der Waals surface area (Å²) in [7, 11) is 0. The number of aliphatic hydroxyl groups is 2. The van der Waals surface area contributed by atoms with Gasteiger partial charge in [-0.3, -0.25) is 9.59 Å². The molecule has 9 atom stereocenters. The van der Waals surface area contributed by atoms with Crippen LogP contribution in [0.3, 0.4) is 0 Å². The zero-order chi connectivity index (χ0) is 23.1. The fourth-order valence-corrected chi connectivity index (χ4v) is 5.35. The third-order valence-electron chi connectivity index (χ3n) is 6.10. The van der Waals surface area contributed by atoms with E-state index in [2.05, 4.69) is 17.6 Å². The number of carbonyl (C=O) groups is 2. The number of nitrogens with one attached hydrogen (secondary N) is 2. The van der Waals surface area contributed by atoms with Crippen molar-refractivity contribution in [3.05, 3.63) is 0 Å². The van der Waals surface area contributed by atoms with Crippen LogP contribution in [-0.4, -0.2) is 82.2 Å². The lowest BCUT2D eigenvalue weighted by atomic mass is 9.92. The number of aliphatic hydroxyl groups excluding tert-OH is 2. The molecule has 0 aromatic carbocycles. The van der Waals surface area contributed by atoms with Crippen LogP contribution in [0.15, 0.2) is 0 Å². The number of hydrogen-bond donors (Lipinski definition) is 4. The van der Waals surface area contributed by atoms with E-state index < -0.39 is 47.2 Å². The molecule has 2 heterocycles. The Hall–Kier alpha value is -0.580. The lowest BCUT2D eigenvalue weighted by Gasteiger charge is -2.45. The first-order valence-electron chi connectivity index (χ1n) is 11.1. The van der Waals surface area contributed by atoms with E-state index in [1.165, 1.54) is 18.7 Å². The summed E-state index contributed by atoms with van der Waals surface area (Å²) in [4.78, 5) is 24.4. The van der Waals surface area contributed by atoms with E-state index in [-0.39, 0.29) is 11.9 Å². The number of carbonyl (C=O) groups excluding carboxylic acids is 2. The third-order valence-corrected chi connectivity index (χ3v) is 7.21. The molecule has 0 saturated carbocycles. The molecule has 2 aliphatic heterocycles. The van der Waals surface area contributed by atoms with Crippen LogP contribution < -0.4 is 10.6 Å². The van der Waals surface area contributed by atoms with Crippen molar-refractivity contribution in [2.75, 3.05) is 12.8 Å². The molecule has 2 saturated heterocycles. The highest BCUT2D eigenvalue weighted by Crippen LogP contribution is 2.32. The fraction of sp³-hybridized carbons (Fsp3) is 0.905. The highest BCUT2D eigenvalue weighted by molar-refractivity contribution is 7.99. The van der Waals surface area contributed by atoms with E-state index in [1.807, 2.05) is 0 Å². The summed E-state index contributed by atoms with van der Waals surface area (Å²) in [5, 5.41) is 27.0. The Labute approximate surface area is 194 Å². The van der Waals surface area contributed by atoms with Crippen molar-refractivity contribution >= 4 is 35.2 Å².